The first-order valence-electron chi connectivity index (χ1n) is 8.22. The molecule has 0 aliphatic carbocycles. The van der Waals surface area contributed by atoms with Crippen LogP contribution in [0.15, 0.2) is 24.3 Å². The van der Waals surface area contributed by atoms with E-state index in [4.69, 9.17) is 55.9 Å². The number of amides is 2. The van der Waals surface area contributed by atoms with Gasteiger partial charge in [0.15, 0.2) is 12.4 Å². The van der Waals surface area contributed by atoms with E-state index in [1.54, 1.807) is 12.1 Å². The Balaban J connectivity index is 1.71. The zero-order valence-corrected chi connectivity index (χ0v) is 18.2. The fourth-order valence-corrected chi connectivity index (χ4v) is 3.75. The van der Waals surface area contributed by atoms with Gasteiger partial charge in [0, 0.05) is 5.56 Å². The Labute approximate surface area is 190 Å². The van der Waals surface area contributed by atoms with Crippen LogP contribution in [0, 0.1) is 0 Å². The van der Waals surface area contributed by atoms with Crippen molar-refractivity contribution in [1.29, 1.82) is 0 Å². The van der Waals surface area contributed by atoms with Gasteiger partial charge >= 0.3 is 5.97 Å². The predicted molar refractivity (Wildman–Crippen MR) is 110 cm³/mol. The quantitative estimate of drug-likeness (QED) is 0.197. The molecule has 0 saturated carbocycles. The number of carbonyl (C=O) groups excluding carboxylic acids is 4. The first-order valence-corrected chi connectivity index (χ1v) is 9.73. The fraction of sp³-hybridized carbons (Fsp3) is 0.158. The molecule has 0 N–H and O–H groups in total. The van der Waals surface area contributed by atoms with Crippen LogP contribution in [0.2, 0.25) is 20.1 Å². The number of esters is 1. The Hall–Kier alpha value is -2.32. The molecule has 7 nitrogen and oxygen atoms in total. The van der Waals surface area contributed by atoms with Crippen LogP contribution in [0.4, 0.5) is 0 Å². The number of ether oxygens (including phenoxy) is 2. The van der Waals surface area contributed by atoms with Gasteiger partial charge in [0.05, 0.1) is 38.3 Å². The van der Waals surface area contributed by atoms with Crippen molar-refractivity contribution in [3.63, 3.8) is 0 Å². The molecular weight excluding hydrogens is 480 g/mol. The van der Waals surface area contributed by atoms with Crippen molar-refractivity contribution >= 4 is 70.0 Å². The third-order valence-electron chi connectivity index (χ3n) is 4.23. The molecule has 0 fully saturated rings. The maximum absolute atomic E-state index is 12.6. The normalized spacial score (nSPS) is 12.8. The highest BCUT2D eigenvalue weighted by Gasteiger charge is 2.42. The SMILES string of the molecule is COc1cccc(C(=O)COC(=O)CN2C(=O)c3c(Cl)c(Cl)c(Cl)c(Cl)c3C2=O)c1. The zero-order valence-electron chi connectivity index (χ0n) is 15.1. The molecule has 0 radical (unpaired) electrons. The standard InChI is InChI=1S/C19H11Cl4NO6/c1-29-9-4-2-3-8(5-9)10(25)7-30-11(26)6-24-18(27)12-13(19(24)28)15(21)17(23)16(22)14(12)20/h2-5H,6-7H2,1H3. The Morgan fingerprint density at radius 3 is 2.03 bits per heavy atom. The third kappa shape index (κ3) is 3.98. The molecular formula is C19H11Cl4NO6. The Kier molecular flexibility index (Phi) is 6.57. The third-order valence-corrected chi connectivity index (χ3v) is 6.03. The number of hydrogen-bond acceptors (Lipinski definition) is 6. The first kappa shape index (κ1) is 22.4. The van der Waals surface area contributed by atoms with E-state index in [-0.39, 0.29) is 36.8 Å². The molecule has 0 bridgehead atoms. The average molecular weight is 491 g/mol. The lowest BCUT2D eigenvalue weighted by atomic mass is 10.1. The second kappa shape index (κ2) is 8.81. The van der Waals surface area contributed by atoms with Crippen molar-refractivity contribution in [3.05, 3.63) is 61.0 Å². The van der Waals surface area contributed by atoms with E-state index < -0.39 is 36.7 Å². The topological polar surface area (TPSA) is 90.0 Å². The molecule has 156 valence electrons. The van der Waals surface area contributed by atoms with Crippen molar-refractivity contribution < 1.29 is 28.7 Å². The van der Waals surface area contributed by atoms with E-state index in [2.05, 4.69) is 0 Å². The molecule has 0 spiro atoms. The molecule has 30 heavy (non-hydrogen) atoms. The van der Waals surface area contributed by atoms with E-state index in [1.165, 1.54) is 19.2 Å². The van der Waals surface area contributed by atoms with Crippen LogP contribution in [-0.4, -0.2) is 48.7 Å². The van der Waals surface area contributed by atoms with Gasteiger partial charge in [0.25, 0.3) is 11.8 Å². The number of halogens is 4. The minimum Gasteiger partial charge on any atom is -0.497 e. The summed E-state index contributed by atoms with van der Waals surface area (Å²) >= 11 is 23.9. The molecule has 0 unspecified atom stereocenters. The van der Waals surface area contributed by atoms with Gasteiger partial charge in [-0.3, -0.25) is 24.1 Å². The van der Waals surface area contributed by atoms with Crippen molar-refractivity contribution in [3.8, 4) is 5.75 Å². The van der Waals surface area contributed by atoms with E-state index in [0.717, 1.165) is 0 Å². The van der Waals surface area contributed by atoms with Crippen molar-refractivity contribution in [2.24, 2.45) is 0 Å². The summed E-state index contributed by atoms with van der Waals surface area (Å²) in [7, 11) is 1.45. The first-order chi connectivity index (χ1) is 14.2. The van der Waals surface area contributed by atoms with Crippen LogP contribution in [0.3, 0.4) is 0 Å². The lowest BCUT2D eigenvalue weighted by Gasteiger charge is -2.13. The molecule has 11 heteroatoms. The molecule has 3 rings (SSSR count). The second-order valence-corrected chi connectivity index (χ2v) is 7.53. The summed E-state index contributed by atoms with van der Waals surface area (Å²) in [6, 6.07) is 6.27. The molecule has 2 aromatic carbocycles. The molecule has 0 aromatic heterocycles. The summed E-state index contributed by atoms with van der Waals surface area (Å²) in [6.45, 7) is -1.34. The number of nitrogens with zero attached hydrogens (tertiary/aromatic N) is 1. The van der Waals surface area contributed by atoms with Crippen molar-refractivity contribution in [2.45, 2.75) is 0 Å². The second-order valence-electron chi connectivity index (χ2n) is 6.02. The molecule has 1 aliphatic rings. The van der Waals surface area contributed by atoms with E-state index in [9.17, 15) is 19.2 Å². The highest BCUT2D eigenvalue weighted by atomic mass is 35.5. The summed E-state index contributed by atoms with van der Waals surface area (Å²) in [4.78, 5) is 50.1. The summed E-state index contributed by atoms with van der Waals surface area (Å²) < 4.78 is 9.93. The number of carbonyl (C=O) groups is 4. The van der Waals surface area contributed by atoms with Crippen LogP contribution in [0.25, 0.3) is 0 Å². The van der Waals surface area contributed by atoms with E-state index >= 15 is 0 Å². The van der Waals surface area contributed by atoms with E-state index in [0.29, 0.717) is 10.6 Å². The number of rotatable bonds is 6. The number of fused-ring (bicyclic) bond motifs is 1. The highest BCUT2D eigenvalue weighted by molar-refractivity contribution is 6.55. The van der Waals surface area contributed by atoms with Crippen LogP contribution in [0.5, 0.6) is 5.75 Å². The number of Topliss-reactive ketones (excluding diaryl/α,β-unsaturated/α-hetero) is 1. The summed E-state index contributed by atoms with van der Waals surface area (Å²) in [5.74, 6) is -2.77. The van der Waals surface area contributed by atoms with Gasteiger partial charge in [-0.25, -0.2) is 0 Å². The number of imide groups is 1. The maximum atomic E-state index is 12.6. The number of methoxy groups -OCH3 is 1. The number of benzene rings is 2. The van der Waals surface area contributed by atoms with Gasteiger partial charge < -0.3 is 9.47 Å². The average Bonchev–Trinajstić information content (AvgIpc) is 2.99. The van der Waals surface area contributed by atoms with Crippen molar-refractivity contribution in [2.75, 3.05) is 20.3 Å². The Morgan fingerprint density at radius 2 is 1.50 bits per heavy atom. The van der Waals surface area contributed by atoms with Gasteiger partial charge in [-0.05, 0) is 12.1 Å². The zero-order chi connectivity index (χ0) is 22.2. The minimum atomic E-state index is -0.981. The van der Waals surface area contributed by atoms with Gasteiger partial charge in [0.1, 0.15) is 12.3 Å². The molecule has 1 heterocycles. The van der Waals surface area contributed by atoms with Crippen LogP contribution in [0.1, 0.15) is 31.1 Å². The monoisotopic (exact) mass is 489 g/mol. The predicted octanol–water partition coefficient (Wildman–Crippen LogP) is 4.33. The van der Waals surface area contributed by atoms with Gasteiger partial charge in [-0.2, -0.15) is 0 Å². The Morgan fingerprint density at radius 1 is 0.933 bits per heavy atom. The number of hydrogen-bond donors (Lipinski definition) is 0. The molecule has 0 saturated heterocycles. The van der Waals surface area contributed by atoms with Crippen LogP contribution < -0.4 is 4.74 Å². The fourth-order valence-electron chi connectivity index (χ4n) is 2.74. The van der Waals surface area contributed by atoms with Gasteiger partial charge in [0.2, 0.25) is 0 Å². The molecule has 2 amide bonds. The van der Waals surface area contributed by atoms with Crippen LogP contribution in [-0.2, 0) is 9.53 Å². The highest BCUT2D eigenvalue weighted by Crippen LogP contribution is 2.44. The lowest BCUT2D eigenvalue weighted by Crippen LogP contribution is -2.36. The van der Waals surface area contributed by atoms with Crippen LogP contribution >= 0.6 is 46.4 Å². The largest absolute Gasteiger partial charge is 0.497 e. The molecule has 0 atom stereocenters. The minimum absolute atomic E-state index is 0.184. The Bertz CT molecular complexity index is 1050. The smallest absolute Gasteiger partial charge is 0.326 e. The van der Waals surface area contributed by atoms with Gasteiger partial charge in [-0.1, -0.05) is 58.5 Å². The summed E-state index contributed by atoms with van der Waals surface area (Å²) in [5.41, 5.74) is -0.228. The molecule has 2 aromatic rings. The molecule has 1 aliphatic heterocycles. The maximum Gasteiger partial charge on any atom is 0.326 e. The summed E-state index contributed by atoms with van der Waals surface area (Å²) in [5, 5.41) is -0.861. The van der Waals surface area contributed by atoms with E-state index in [1.807, 2.05) is 0 Å². The summed E-state index contributed by atoms with van der Waals surface area (Å²) in [6.07, 6.45) is 0. The lowest BCUT2D eigenvalue weighted by molar-refractivity contribution is -0.142. The van der Waals surface area contributed by atoms with Crippen molar-refractivity contribution in [1.82, 2.24) is 4.90 Å². The number of ketones is 1. The van der Waals surface area contributed by atoms with Gasteiger partial charge in [-0.15, -0.1) is 0 Å².